The van der Waals surface area contributed by atoms with E-state index < -0.39 is 0 Å². The van der Waals surface area contributed by atoms with E-state index in [2.05, 4.69) is 253 Å². The van der Waals surface area contributed by atoms with Gasteiger partial charge in [-0.1, -0.05) is 182 Å². The molecule has 0 fully saturated rings. The molecule has 0 saturated carbocycles. The molecule has 0 amide bonds. The minimum absolute atomic E-state index is 0.598. The molecule has 8 aromatic carbocycles. The van der Waals surface area contributed by atoms with Gasteiger partial charge in [0.15, 0.2) is 0 Å². The third-order valence-corrected chi connectivity index (χ3v) is 11.2. The normalized spacial score (nSPS) is 11.6. The Labute approximate surface area is 391 Å². The van der Waals surface area contributed by atoms with Crippen LogP contribution >= 0.6 is 0 Å². The zero-order valence-electron chi connectivity index (χ0n) is 37.8. The van der Waals surface area contributed by atoms with Crippen molar-refractivity contribution >= 4 is 58.4 Å². The summed E-state index contributed by atoms with van der Waals surface area (Å²) in [4.78, 5) is 4.61. The predicted octanol–water partition coefficient (Wildman–Crippen LogP) is 16.8. The second kappa shape index (κ2) is 23.3. The fraction of sp³-hybridized carbons (Fsp3) is 0.0968. The minimum atomic E-state index is 0.598. The lowest BCUT2D eigenvalue weighted by Crippen LogP contribution is -2.10. The van der Waals surface area contributed by atoms with Gasteiger partial charge in [0.1, 0.15) is 0 Å². The molecule has 326 valence electrons. The first kappa shape index (κ1) is 44.8. The SMILES string of the molecule is CCOCc1ccc(N(c2ccc(C=CC=Cc3ccccc3)cc2)c2ccc(-c3ccc(N(c4ccc(C=CC=Cc5ccccc5)cc4)c4ccc(COCC)cc4)cc3)cc2)cc1. The zero-order chi connectivity index (χ0) is 45.2. The van der Waals surface area contributed by atoms with Crippen molar-refractivity contribution in [1.29, 1.82) is 0 Å². The van der Waals surface area contributed by atoms with E-state index in [1.54, 1.807) is 0 Å². The molecule has 0 spiro atoms. The van der Waals surface area contributed by atoms with Gasteiger partial charge in [-0.05, 0) is 131 Å². The van der Waals surface area contributed by atoms with E-state index in [-0.39, 0.29) is 0 Å². The van der Waals surface area contributed by atoms with Crippen molar-refractivity contribution in [2.45, 2.75) is 27.1 Å². The van der Waals surface area contributed by atoms with Gasteiger partial charge in [-0.2, -0.15) is 0 Å². The van der Waals surface area contributed by atoms with Crippen LogP contribution in [0.3, 0.4) is 0 Å². The highest BCUT2D eigenvalue weighted by Crippen LogP contribution is 2.38. The van der Waals surface area contributed by atoms with Gasteiger partial charge in [0.2, 0.25) is 0 Å². The van der Waals surface area contributed by atoms with Crippen LogP contribution < -0.4 is 9.80 Å². The topological polar surface area (TPSA) is 24.9 Å². The Bertz CT molecular complexity index is 2610. The Morgan fingerprint density at radius 3 is 0.848 bits per heavy atom. The van der Waals surface area contributed by atoms with Crippen LogP contribution in [-0.4, -0.2) is 13.2 Å². The fourth-order valence-electron chi connectivity index (χ4n) is 7.69. The number of benzene rings is 8. The van der Waals surface area contributed by atoms with Crippen molar-refractivity contribution in [3.8, 4) is 11.1 Å². The standard InChI is InChI=1S/C62H56N2O2/c1-3-65-47-53-27-39-59(40-28-53)63(57-35-23-51(24-36-57)21-13-11-19-49-15-7-5-8-16-49)61-43-31-55(32-44-61)56-33-45-62(46-34-56)64(60-41-29-54(30-42-60)48-66-4-2)58-37-25-52(26-38-58)22-14-12-20-50-17-9-6-10-18-50/h5-46H,3-4,47-48H2,1-2H3. The molecule has 66 heavy (non-hydrogen) atoms. The molecule has 0 N–H and O–H groups in total. The van der Waals surface area contributed by atoms with E-state index in [0.717, 1.165) is 67.5 Å². The van der Waals surface area contributed by atoms with Crippen LogP contribution in [0.2, 0.25) is 0 Å². The average Bonchev–Trinajstić information content (AvgIpc) is 3.38. The van der Waals surface area contributed by atoms with Crippen LogP contribution in [0.4, 0.5) is 34.1 Å². The molecule has 8 rings (SSSR count). The fourth-order valence-corrected chi connectivity index (χ4v) is 7.69. The Kier molecular flexibility index (Phi) is 15.8. The van der Waals surface area contributed by atoms with Gasteiger partial charge >= 0.3 is 0 Å². The zero-order valence-corrected chi connectivity index (χ0v) is 37.8. The highest BCUT2D eigenvalue weighted by Gasteiger charge is 2.15. The Morgan fingerprint density at radius 1 is 0.303 bits per heavy atom. The average molecular weight is 861 g/mol. The van der Waals surface area contributed by atoms with E-state index in [1.165, 1.54) is 11.1 Å². The van der Waals surface area contributed by atoms with Crippen LogP contribution in [0.5, 0.6) is 0 Å². The van der Waals surface area contributed by atoms with E-state index in [1.807, 2.05) is 26.0 Å². The summed E-state index contributed by atoms with van der Waals surface area (Å²) in [6, 6.07) is 73.2. The number of anilines is 6. The third kappa shape index (κ3) is 12.3. The summed E-state index contributed by atoms with van der Waals surface area (Å²) in [7, 11) is 0. The molecule has 4 heteroatoms. The van der Waals surface area contributed by atoms with Crippen molar-refractivity contribution in [3.05, 3.63) is 264 Å². The quantitative estimate of drug-likeness (QED) is 0.0756. The number of nitrogens with zero attached hydrogens (tertiary/aromatic N) is 2. The maximum Gasteiger partial charge on any atom is 0.0716 e. The van der Waals surface area contributed by atoms with Crippen molar-refractivity contribution in [3.63, 3.8) is 0 Å². The summed E-state index contributed by atoms with van der Waals surface area (Å²) in [5, 5.41) is 0. The molecule has 0 heterocycles. The van der Waals surface area contributed by atoms with Gasteiger partial charge in [-0.15, -0.1) is 0 Å². The second-order valence-corrected chi connectivity index (χ2v) is 15.8. The number of hydrogen-bond acceptors (Lipinski definition) is 4. The molecule has 0 bridgehead atoms. The Balaban J connectivity index is 1.03. The van der Waals surface area contributed by atoms with Crippen LogP contribution in [0.1, 0.15) is 47.2 Å². The first-order valence-corrected chi connectivity index (χ1v) is 22.8. The highest BCUT2D eigenvalue weighted by atomic mass is 16.5. The summed E-state index contributed by atoms with van der Waals surface area (Å²) >= 11 is 0. The van der Waals surface area contributed by atoms with Gasteiger partial charge in [-0.3, -0.25) is 0 Å². The maximum atomic E-state index is 5.70. The van der Waals surface area contributed by atoms with E-state index in [9.17, 15) is 0 Å². The molecular formula is C62H56N2O2. The van der Waals surface area contributed by atoms with Gasteiger partial charge in [0.25, 0.3) is 0 Å². The molecule has 0 aliphatic heterocycles. The lowest BCUT2D eigenvalue weighted by molar-refractivity contribution is 0.134. The number of allylic oxidation sites excluding steroid dienone is 4. The first-order chi connectivity index (χ1) is 32.6. The highest BCUT2D eigenvalue weighted by molar-refractivity contribution is 5.81. The smallest absolute Gasteiger partial charge is 0.0716 e. The molecule has 0 saturated heterocycles. The van der Waals surface area contributed by atoms with Crippen LogP contribution in [0.15, 0.2) is 231 Å². The van der Waals surface area contributed by atoms with Gasteiger partial charge in [-0.25, -0.2) is 0 Å². The molecule has 8 aromatic rings. The minimum Gasteiger partial charge on any atom is -0.377 e. The van der Waals surface area contributed by atoms with Crippen LogP contribution in [0.25, 0.3) is 35.4 Å². The lowest BCUT2D eigenvalue weighted by atomic mass is 10.0. The Hall–Kier alpha value is -7.76. The molecule has 0 atom stereocenters. The van der Waals surface area contributed by atoms with Crippen LogP contribution in [0, 0.1) is 0 Å². The summed E-state index contributed by atoms with van der Waals surface area (Å²) < 4.78 is 11.4. The van der Waals surface area contributed by atoms with E-state index in [0.29, 0.717) is 26.4 Å². The maximum absolute atomic E-state index is 5.70. The van der Waals surface area contributed by atoms with Gasteiger partial charge in [0.05, 0.1) is 13.2 Å². The summed E-state index contributed by atoms with van der Waals surface area (Å²) in [6.45, 7) is 6.62. The number of rotatable bonds is 19. The first-order valence-electron chi connectivity index (χ1n) is 22.8. The summed E-state index contributed by atoms with van der Waals surface area (Å²) in [5.74, 6) is 0. The third-order valence-electron chi connectivity index (χ3n) is 11.2. The molecule has 0 aliphatic rings. The van der Waals surface area contributed by atoms with Crippen molar-refractivity contribution in [2.75, 3.05) is 23.0 Å². The summed E-state index contributed by atoms with van der Waals surface area (Å²) in [6.07, 6.45) is 16.8. The Morgan fingerprint density at radius 2 is 0.561 bits per heavy atom. The van der Waals surface area contributed by atoms with E-state index in [4.69, 9.17) is 9.47 Å². The summed E-state index contributed by atoms with van der Waals surface area (Å²) in [5.41, 5.74) is 15.7. The molecule has 0 aliphatic carbocycles. The van der Waals surface area contributed by atoms with E-state index >= 15 is 0 Å². The van der Waals surface area contributed by atoms with Crippen molar-refractivity contribution in [2.24, 2.45) is 0 Å². The molecular weight excluding hydrogens is 805 g/mol. The number of ether oxygens (including phenoxy) is 2. The molecule has 0 unspecified atom stereocenters. The molecule has 0 aromatic heterocycles. The van der Waals surface area contributed by atoms with Crippen molar-refractivity contribution < 1.29 is 9.47 Å². The predicted molar refractivity (Wildman–Crippen MR) is 281 cm³/mol. The lowest BCUT2D eigenvalue weighted by Gasteiger charge is -2.26. The monoisotopic (exact) mass is 860 g/mol. The second-order valence-electron chi connectivity index (χ2n) is 15.8. The molecule has 0 radical (unpaired) electrons. The molecule has 4 nitrogen and oxygen atoms in total. The van der Waals surface area contributed by atoms with Gasteiger partial charge in [0, 0.05) is 47.3 Å². The van der Waals surface area contributed by atoms with Crippen LogP contribution in [-0.2, 0) is 22.7 Å². The van der Waals surface area contributed by atoms with Gasteiger partial charge < -0.3 is 19.3 Å². The number of hydrogen-bond donors (Lipinski definition) is 0. The van der Waals surface area contributed by atoms with Crippen molar-refractivity contribution in [1.82, 2.24) is 0 Å². The largest absolute Gasteiger partial charge is 0.377 e.